The molecule has 0 spiro atoms. The summed E-state index contributed by atoms with van der Waals surface area (Å²) in [7, 11) is 0. The molecule has 3 atom stereocenters. The first kappa shape index (κ1) is 16.3. The van der Waals surface area contributed by atoms with Crippen LogP contribution >= 0.6 is 0 Å². The van der Waals surface area contributed by atoms with Gasteiger partial charge < -0.3 is 5.32 Å². The number of amides is 3. The lowest BCUT2D eigenvalue weighted by atomic mass is 9.81. The molecule has 25 heavy (non-hydrogen) atoms. The number of rotatable bonds is 3. The maximum absolute atomic E-state index is 12.5. The van der Waals surface area contributed by atoms with E-state index in [0.717, 1.165) is 50.5 Å². The summed E-state index contributed by atoms with van der Waals surface area (Å²) >= 11 is 0. The molecule has 5 nitrogen and oxygen atoms in total. The molecule has 3 amide bonds. The second-order valence-electron chi connectivity index (χ2n) is 7.47. The lowest BCUT2D eigenvalue weighted by Gasteiger charge is -2.27. The molecule has 1 saturated carbocycles. The van der Waals surface area contributed by atoms with E-state index < -0.39 is 0 Å². The highest BCUT2D eigenvalue weighted by Crippen LogP contribution is 2.38. The summed E-state index contributed by atoms with van der Waals surface area (Å²) in [6, 6.07) is 8.15. The fourth-order valence-corrected chi connectivity index (χ4v) is 4.67. The number of hydrogen-bond donors (Lipinski definition) is 1. The lowest BCUT2D eigenvalue weighted by molar-refractivity contribution is -0.143. The van der Waals surface area contributed by atoms with Crippen LogP contribution in [0.5, 0.6) is 0 Å². The third kappa shape index (κ3) is 2.96. The highest BCUT2D eigenvalue weighted by molar-refractivity contribution is 6.07. The molecule has 1 aliphatic heterocycles. The molecule has 0 aromatic heterocycles. The fourth-order valence-electron chi connectivity index (χ4n) is 4.67. The summed E-state index contributed by atoms with van der Waals surface area (Å²) in [6.45, 7) is -0.136. The van der Waals surface area contributed by atoms with Crippen molar-refractivity contribution in [1.82, 2.24) is 10.2 Å². The molecule has 2 aliphatic carbocycles. The summed E-state index contributed by atoms with van der Waals surface area (Å²) in [5, 5.41) is 3.04. The van der Waals surface area contributed by atoms with Crippen molar-refractivity contribution in [3.05, 3.63) is 35.4 Å². The maximum Gasteiger partial charge on any atom is 0.240 e. The number of nitrogens with zero attached hydrogens (tertiary/aromatic N) is 1. The van der Waals surface area contributed by atoms with Crippen molar-refractivity contribution in [1.29, 1.82) is 0 Å². The van der Waals surface area contributed by atoms with E-state index in [-0.39, 0.29) is 42.1 Å². The van der Waals surface area contributed by atoms with E-state index in [0.29, 0.717) is 0 Å². The van der Waals surface area contributed by atoms with Gasteiger partial charge in [-0.3, -0.25) is 19.3 Å². The minimum Gasteiger partial charge on any atom is -0.348 e. The first-order valence-electron chi connectivity index (χ1n) is 9.37. The van der Waals surface area contributed by atoms with Gasteiger partial charge in [-0.1, -0.05) is 37.1 Å². The van der Waals surface area contributed by atoms with Gasteiger partial charge in [-0.2, -0.15) is 0 Å². The van der Waals surface area contributed by atoms with Gasteiger partial charge in [0.2, 0.25) is 17.7 Å². The minimum atomic E-state index is -0.234. The van der Waals surface area contributed by atoms with Crippen LogP contribution < -0.4 is 5.32 Å². The average Bonchev–Trinajstić information content (AvgIpc) is 2.87. The second-order valence-corrected chi connectivity index (χ2v) is 7.47. The van der Waals surface area contributed by atoms with Gasteiger partial charge in [-0.25, -0.2) is 0 Å². The zero-order valence-corrected chi connectivity index (χ0v) is 14.4. The van der Waals surface area contributed by atoms with Gasteiger partial charge in [0.1, 0.15) is 6.54 Å². The van der Waals surface area contributed by atoms with Crippen LogP contribution in [0.1, 0.15) is 55.7 Å². The molecule has 0 bridgehead atoms. The van der Waals surface area contributed by atoms with E-state index in [4.69, 9.17) is 0 Å². The van der Waals surface area contributed by atoms with Gasteiger partial charge in [0.25, 0.3) is 0 Å². The Morgan fingerprint density at radius 2 is 1.68 bits per heavy atom. The van der Waals surface area contributed by atoms with Crippen LogP contribution in [0.25, 0.3) is 0 Å². The van der Waals surface area contributed by atoms with E-state index >= 15 is 0 Å². The number of carbonyl (C=O) groups is 3. The van der Waals surface area contributed by atoms with Crippen LogP contribution in [-0.2, 0) is 20.8 Å². The van der Waals surface area contributed by atoms with Crippen LogP contribution in [0, 0.1) is 11.8 Å². The smallest absolute Gasteiger partial charge is 0.240 e. The number of aryl methyl sites for hydroxylation is 1. The molecule has 1 N–H and O–H groups in total. The standard InChI is InChI=1S/C20H24N2O3/c23-18(21-17-11-5-7-13-6-1-2-8-14(13)17)12-22-19(24)15-9-3-4-10-16(15)20(22)25/h1-2,6,8,15-17H,3-5,7,9-12H2,(H,21,23)/t15-,16-,17-/m1/s1. The molecule has 2 fully saturated rings. The predicted molar refractivity (Wildman–Crippen MR) is 92.4 cm³/mol. The molecule has 1 aromatic rings. The van der Waals surface area contributed by atoms with Crippen molar-refractivity contribution >= 4 is 17.7 Å². The number of hydrogen-bond acceptors (Lipinski definition) is 3. The normalized spacial score (nSPS) is 28.5. The Kier molecular flexibility index (Phi) is 4.32. The van der Waals surface area contributed by atoms with Gasteiger partial charge in [0, 0.05) is 0 Å². The van der Waals surface area contributed by atoms with Crippen molar-refractivity contribution in [2.24, 2.45) is 11.8 Å². The molecule has 1 heterocycles. The molecule has 4 rings (SSSR count). The first-order chi connectivity index (χ1) is 12.1. The Morgan fingerprint density at radius 1 is 1.00 bits per heavy atom. The van der Waals surface area contributed by atoms with E-state index in [9.17, 15) is 14.4 Å². The number of fused-ring (bicyclic) bond motifs is 2. The zero-order valence-electron chi connectivity index (χ0n) is 14.4. The van der Waals surface area contributed by atoms with Crippen molar-refractivity contribution in [3.63, 3.8) is 0 Å². The highest BCUT2D eigenvalue weighted by Gasteiger charge is 2.48. The highest BCUT2D eigenvalue weighted by atomic mass is 16.2. The number of benzene rings is 1. The summed E-state index contributed by atoms with van der Waals surface area (Å²) in [6.07, 6.45) is 6.53. The van der Waals surface area contributed by atoms with Gasteiger partial charge in [-0.15, -0.1) is 0 Å². The van der Waals surface area contributed by atoms with Crippen LogP contribution in [0.15, 0.2) is 24.3 Å². The van der Waals surface area contributed by atoms with Crippen LogP contribution in [0.4, 0.5) is 0 Å². The molecule has 0 unspecified atom stereocenters. The van der Waals surface area contributed by atoms with E-state index in [1.807, 2.05) is 12.1 Å². The average molecular weight is 340 g/mol. The largest absolute Gasteiger partial charge is 0.348 e. The summed E-state index contributed by atoms with van der Waals surface area (Å²) < 4.78 is 0. The first-order valence-corrected chi connectivity index (χ1v) is 9.37. The van der Waals surface area contributed by atoms with Crippen LogP contribution in [0.3, 0.4) is 0 Å². The third-order valence-electron chi connectivity index (χ3n) is 5.94. The molecule has 1 aromatic carbocycles. The molecule has 5 heteroatoms. The summed E-state index contributed by atoms with van der Waals surface area (Å²) in [5.74, 6) is -0.904. The fraction of sp³-hybridized carbons (Fsp3) is 0.550. The van der Waals surface area contributed by atoms with E-state index in [1.54, 1.807) is 0 Å². The number of likely N-dealkylation sites (tertiary alicyclic amines) is 1. The third-order valence-corrected chi connectivity index (χ3v) is 5.94. The van der Waals surface area contributed by atoms with Crippen molar-refractivity contribution in [3.8, 4) is 0 Å². The Labute approximate surface area is 147 Å². The van der Waals surface area contributed by atoms with E-state index in [1.165, 1.54) is 10.5 Å². The second kappa shape index (κ2) is 6.62. The molecular formula is C20H24N2O3. The Bertz CT molecular complexity index is 691. The van der Waals surface area contributed by atoms with Gasteiger partial charge in [-0.05, 0) is 43.2 Å². The summed E-state index contributed by atoms with van der Waals surface area (Å²) in [4.78, 5) is 38.7. The predicted octanol–water partition coefficient (Wildman–Crippen LogP) is 2.36. The van der Waals surface area contributed by atoms with Crippen LogP contribution in [-0.4, -0.2) is 29.2 Å². The molecule has 0 radical (unpaired) electrons. The monoisotopic (exact) mass is 340 g/mol. The van der Waals surface area contributed by atoms with Gasteiger partial charge in [0.05, 0.1) is 17.9 Å². The number of carbonyl (C=O) groups excluding carboxylic acids is 3. The van der Waals surface area contributed by atoms with Gasteiger partial charge in [0.15, 0.2) is 0 Å². The van der Waals surface area contributed by atoms with Crippen LogP contribution in [0.2, 0.25) is 0 Å². The number of nitrogens with one attached hydrogen (secondary N) is 1. The summed E-state index contributed by atoms with van der Waals surface area (Å²) in [5.41, 5.74) is 2.44. The van der Waals surface area contributed by atoms with Gasteiger partial charge >= 0.3 is 0 Å². The SMILES string of the molecule is O=C(CN1C(=O)[C@@H]2CCCC[C@H]2C1=O)N[C@@H]1CCCc2ccccc21. The maximum atomic E-state index is 12.5. The number of imide groups is 1. The Hall–Kier alpha value is -2.17. The Balaban J connectivity index is 1.43. The molecule has 132 valence electrons. The zero-order chi connectivity index (χ0) is 17.4. The topological polar surface area (TPSA) is 66.5 Å². The van der Waals surface area contributed by atoms with Crippen molar-refractivity contribution in [2.75, 3.05) is 6.54 Å². The quantitative estimate of drug-likeness (QED) is 0.859. The molecule has 3 aliphatic rings. The molecule has 1 saturated heterocycles. The lowest BCUT2D eigenvalue weighted by Crippen LogP contribution is -2.42. The van der Waals surface area contributed by atoms with E-state index in [2.05, 4.69) is 17.4 Å². The molecular weight excluding hydrogens is 316 g/mol. The Morgan fingerprint density at radius 3 is 2.40 bits per heavy atom. The van der Waals surface area contributed by atoms with Crippen molar-refractivity contribution in [2.45, 2.75) is 51.0 Å². The minimum absolute atomic E-state index is 0.0208. The van der Waals surface area contributed by atoms with Crippen molar-refractivity contribution < 1.29 is 14.4 Å².